The summed E-state index contributed by atoms with van der Waals surface area (Å²) in [5, 5.41) is 21.8. The maximum atomic E-state index is 16.9. The Labute approximate surface area is 259 Å². The van der Waals surface area contributed by atoms with Gasteiger partial charge < -0.3 is 14.7 Å². The molecular weight excluding hydrogens is 564 g/mol. The molecule has 1 aromatic carbocycles. The van der Waals surface area contributed by atoms with Crippen molar-refractivity contribution in [2.75, 3.05) is 14.2 Å². The number of ether oxygens (including phenoxy) is 1. The number of benzene rings is 1. The van der Waals surface area contributed by atoms with Crippen molar-refractivity contribution in [3.8, 4) is 6.07 Å². The second-order valence-electron chi connectivity index (χ2n) is 11.5. The zero-order valence-corrected chi connectivity index (χ0v) is 27.8. The van der Waals surface area contributed by atoms with E-state index in [9.17, 15) is 10.4 Å². The van der Waals surface area contributed by atoms with Crippen molar-refractivity contribution in [3.63, 3.8) is 0 Å². The molecule has 232 valence electrons. The third-order valence-electron chi connectivity index (χ3n) is 8.38. The summed E-state index contributed by atoms with van der Waals surface area (Å²) in [5.74, 6) is -0.735. The number of aliphatic imine (C=N–C) groups is 1. The molecule has 8 heteroatoms. The number of rotatable bonds is 12. The van der Waals surface area contributed by atoms with E-state index in [2.05, 4.69) is 36.7 Å². The summed E-state index contributed by atoms with van der Waals surface area (Å²) in [6.45, 7) is 14.3. The highest BCUT2D eigenvalue weighted by molar-refractivity contribution is 7.19. The number of allylic oxidation sites excluding steroid dienone is 6. The monoisotopic (exact) mass is 609 g/mol. The van der Waals surface area contributed by atoms with E-state index in [1.165, 1.54) is 36.7 Å². The molecule has 2 aromatic rings. The minimum atomic E-state index is -0.761. The molecule has 1 aromatic heterocycles. The summed E-state index contributed by atoms with van der Waals surface area (Å²) in [6, 6.07) is 5.12. The molecule has 2 unspecified atom stereocenters. The van der Waals surface area contributed by atoms with Crippen molar-refractivity contribution in [1.29, 1.82) is 5.26 Å². The van der Waals surface area contributed by atoms with Gasteiger partial charge in [-0.15, -0.1) is 11.3 Å². The van der Waals surface area contributed by atoms with E-state index in [4.69, 9.17) is 4.74 Å². The lowest BCUT2D eigenvalue weighted by molar-refractivity contribution is 0.261. The average molecular weight is 610 g/mol. The number of methoxy groups -OCH3 is 1. The van der Waals surface area contributed by atoms with Gasteiger partial charge in [0.2, 0.25) is 5.88 Å². The Balaban J connectivity index is 2.33. The lowest BCUT2D eigenvalue weighted by atomic mass is 9.88. The minimum absolute atomic E-state index is 0.0192. The van der Waals surface area contributed by atoms with Gasteiger partial charge in [-0.3, -0.25) is 0 Å². The van der Waals surface area contributed by atoms with Crippen LogP contribution < -0.4 is 0 Å². The molecule has 3 rings (SSSR count). The number of hydrogen-bond acceptors (Lipinski definition) is 6. The lowest BCUT2D eigenvalue weighted by Gasteiger charge is -2.33. The maximum Gasteiger partial charge on any atom is 0.209 e. The average Bonchev–Trinajstić information content (AvgIpc) is 3.39. The van der Waals surface area contributed by atoms with Crippen LogP contribution in [0.1, 0.15) is 102 Å². The van der Waals surface area contributed by atoms with Gasteiger partial charge in [-0.1, -0.05) is 54.0 Å². The quantitative estimate of drug-likeness (QED) is 0.243. The zero-order valence-electron chi connectivity index (χ0n) is 26.9. The Bertz CT molecular complexity index is 1540. The zero-order chi connectivity index (χ0) is 32.0. The van der Waals surface area contributed by atoms with E-state index in [0.717, 1.165) is 31.4 Å². The van der Waals surface area contributed by atoms with E-state index in [1.807, 2.05) is 34.7 Å². The van der Waals surface area contributed by atoms with Gasteiger partial charge in [0.1, 0.15) is 23.4 Å². The van der Waals surface area contributed by atoms with Crippen molar-refractivity contribution in [1.82, 2.24) is 4.90 Å². The second-order valence-corrected chi connectivity index (χ2v) is 12.6. The molecule has 1 aliphatic carbocycles. The predicted molar refractivity (Wildman–Crippen MR) is 175 cm³/mol. The summed E-state index contributed by atoms with van der Waals surface area (Å²) in [5.41, 5.74) is 1.65. The van der Waals surface area contributed by atoms with E-state index >= 15 is 8.78 Å². The fraction of sp³-hybridized carbons (Fsp3) is 0.486. The van der Waals surface area contributed by atoms with Crippen LogP contribution in [0.3, 0.4) is 0 Å². The van der Waals surface area contributed by atoms with Crippen LogP contribution in [0.25, 0.3) is 15.7 Å². The highest BCUT2D eigenvalue weighted by atomic mass is 32.1. The Morgan fingerprint density at radius 1 is 1.16 bits per heavy atom. The van der Waals surface area contributed by atoms with Crippen LogP contribution in [0.15, 0.2) is 58.0 Å². The molecule has 0 aliphatic heterocycles. The molecule has 1 heterocycles. The number of nitrogens with zero attached hydrogens (tertiary/aromatic N) is 3. The molecule has 43 heavy (non-hydrogen) atoms. The Hall–Kier alpha value is -3.44. The fourth-order valence-corrected chi connectivity index (χ4v) is 6.64. The van der Waals surface area contributed by atoms with Gasteiger partial charge in [0, 0.05) is 34.6 Å². The second kappa shape index (κ2) is 14.8. The largest absolute Gasteiger partial charge is 0.507 e. The molecule has 2 atom stereocenters. The van der Waals surface area contributed by atoms with Crippen LogP contribution in [0.4, 0.5) is 8.78 Å². The molecule has 0 saturated carbocycles. The first-order chi connectivity index (χ1) is 20.4. The topological polar surface area (TPSA) is 68.8 Å². The van der Waals surface area contributed by atoms with E-state index in [0.29, 0.717) is 33.7 Å². The van der Waals surface area contributed by atoms with E-state index < -0.39 is 11.6 Å². The molecule has 0 saturated heterocycles. The molecule has 1 N–H and O–H groups in total. The number of thiophene rings is 1. The van der Waals surface area contributed by atoms with Crippen LogP contribution >= 0.6 is 11.3 Å². The van der Waals surface area contributed by atoms with Gasteiger partial charge in [0.15, 0.2) is 5.83 Å². The molecule has 0 fully saturated rings. The van der Waals surface area contributed by atoms with Crippen molar-refractivity contribution in [3.05, 3.63) is 74.8 Å². The van der Waals surface area contributed by atoms with Crippen LogP contribution in [0.5, 0.6) is 0 Å². The maximum absolute atomic E-state index is 16.9. The standard InChI is InChI=1S/C35H45F2N3O2S/c1-10-13-29(42-9)39-33-25(22(7)40(8)23(12-3)15-14-21(6)11-2)18-28(41)31(32(33)37)24-16-17-27(36)35-30(24)26(19-38)34(43-35)20(4)5/h13,16-18,20-21,23,41H,10-12,14-15H2,1-9H3/b25-22+,29-13-,39-33+. The molecule has 0 radical (unpaired) electrons. The van der Waals surface area contributed by atoms with Gasteiger partial charge in [-0.2, -0.15) is 5.26 Å². The SMILES string of the molecule is CC/C=C(/N=C1/C(F)=C(c2ccc(F)c3sc(C(C)C)c(C#N)c23)C(O)=C/C1=C(/C)N(C)C(CC)CCC(C)CC)OC. The van der Waals surface area contributed by atoms with Gasteiger partial charge in [-0.25, -0.2) is 13.8 Å². The van der Waals surface area contributed by atoms with Gasteiger partial charge >= 0.3 is 0 Å². The first kappa shape index (κ1) is 34.1. The molecule has 5 nitrogen and oxygen atoms in total. The fourth-order valence-electron chi connectivity index (χ4n) is 5.46. The number of nitriles is 1. The smallest absolute Gasteiger partial charge is 0.209 e. The predicted octanol–water partition coefficient (Wildman–Crippen LogP) is 10.3. The highest BCUT2D eigenvalue weighted by Crippen LogP contribution is 2.44. The molecule has 0 spiro atoms. The van der Waals surface area contributed by atoms with Crippen molar-refractivity contribution < 1.29 is 18.6 Å². The third-order valence-corrected chi connectivity index (χ3v) is 9.88. The van der Waals surface area contributed by atoms with Crippen molar-refractivity contribution in [2.24, 2.45) is 10.9 Å². The third kappa shape index (κ3) is 7.04. The normalized spacial score (nSPS) is 17.8. The Kier molecular flexibility index (Phi) is 11.7. The molecular formula is C35H45F2N3O2S. The van der Waals surface area contributed by atoms with Gasteiger partial charge in [0.25, 0.3) is 0 Å². The van der Waals surface area contributed by atoms with Crippen LogP contribution in [0.2, 0.25) is 0 Å². The van der Waals surface area contributed by atoms with Gasteiger partial charge in [0.05, 0.1) is 22.9 Å². The summed E-state index contributed by atoms with van der Waals surface area (Å²) in [7, 11) is 3.48. The first-order valence-corrected chi connectivity index (χ1v) is 16.0. The minimum Gasteiger partial charge on any atom is -0.507 e. The van der Waals surface area contributed by atoms with Gasteiger partial charge in [-0.05, 0) is 68.2 Å². The number of halogens is 2. The summed E-state index contributed by atoms with van der Waals surface area (Å²) >= 11 is 1.19. The first-order valence-electron chi connectivity index (χ1n) is 15.2. The molecule has 0 amide bonds. The summed E-state index contributed by atoms with van der Waals surface area (Å²) < 4.78 is 37.7. The molecule has 1 aliphatic rings. The lowest BCUT2D eigenvalue weighted by Crippen LogP contribution is -2.32. The summed E-state index contributed by atoms with van der Waals surface area (Å²) in [4.78, 5) is 7.47. The number of aliphatic hydroxyl groups is 1. The Morgan fingerprint density at radius 3 is 2.42 bits per heavy atom. The number of aliphatic hydroxyl groups excluding tert-OH is 1. The van der Waals surface area contributed by atoms with Crippen LogP contribution in [-0.4, -0.2) is 35.9 Å². The summed E-state index contributed by atoms with van der Waals surface area (Å²) in [6.07, 6.45) is 8.00. The van der Waals surface area contributed by atoms with E-state index in [-0.39, 0.29) is 45.2 Å². The van der Waals surface area contributed by atoms with Crippen LogP contribution in [-0.2, 0) is 4.74 Å². The van der Waals surface area contributed by atoms with E-state index in [1.54, 1.807) is 6.08 Å². The van der Waals surface area contributed by atoms with Crippen molar-refractivity contribution in [2.45, 2.75) is 92.5 Å². The van der Waals surface area contributed by atoms with Crippen LogP contribution in [0, 0.1) is 23.1 Å². The number of fused-ring (bicyclic) bond motifs is 1. The number of hydrogen-bond donors (Lipinski definition) is 1. The Morgan fingerprint density at radius 2 is 1.86 bits per heavy atom. The van der Waals surface area contributed by atoms with Crippen molar-refractivity contribution >= 4 is 32.7 Å². The molecule has 0 bridgehead atoms. The highest BCUT2D eigenvalue weighted by Gasteiger charge is 2.32.